The van der Waals surface area contributed by atoms with E-state index < -0.39 is 0 Å². The Bertz CT molecular complexity index is 827. The van der Waals surface area contributed by atoms with E-state index in [0.717, 1.165) is 28.7 Å². The molecule has 0 unspecified atom stereocenters. The van der Waals surface area contributed by atoms with Crippen molar-refractivity contribution in [2.75, 3.05) is 21.3 Å². The standard InChI is InChI=1S/C20H19NO4/c1-5-13-6-8-14(9-7-13)16-12-25-21-19(16)15-10-17(22-2)20(24-4)18(11-15)23-3/h6,8,10-12H,5H2,1-4H3. The third kappa shape index (κ3) is 3.11. The number of hydrogen-bond donors (Lipinski definition) is 0. The molecule has 0 aliphatic rings. The largest absolute Gasteiger partial charge is 0.493 e. The van der Waals surface area contributed by atoms with E-state index in [4.69, 9.17) is 18.7 Å². The SMILES string of the molecule is CCc1c#cc(-c2conc2-c2cc(OC)c(OC)c(OC)c2)cc1. The van der Waals surface area contributed by atoms with Gasteiger partial charge >= 0.3 is 0 Å². The van der Waals surface area contributed by atoms with Crippen LogP contribution >= 0.6 is 0 Å². The maximum atomic E-state index is 5.42. The van der Waals surface area contributed by atoms with Gasteiger partial charge in [-0.05, 0) is 30.7 Å². The number of methoxy groups -OCH3 is 3. The van der Waals surface area contributed by atoms with Gasteiger partial charge in [-0.25, -0.2) is 0 Å². The van der Waals surface area contributed by atoms with Gasteiger partial charge in [0.15, 0.2) is 11.5 Å². The quantitative estimate of drug-likeness (QED) is 0.675. The molecule has 3 rings (SSSR count). The van der Waals surface area contributed by atoms with Gasteiger partial charge in [-0.1, -0.05) is 24.2 Å². The molecule has 0 aliphatic heterocycles. The van der Waals surface area contributed by atoms with Crippen molar-refractivity contribution < 1.29 is 18.7 Å². The van der Waals surface area contributed by atoms with Crippen LogP contribution in [0.25, 0.3) is 22.4 Å². The Morgan fingerprint density at radius 2 is 1.72 bits per heavy atom. The highest BCUT2D eigenvalue weighted by Gasteiger charge is 2.19. The van der Waals surface area contributed by atoms with Crippen molar-refractivity contribution in [1.82, 2.24) is 5.16 Å². The van der Waals surface area contributed by atoms with E-state index in [2.05, 4.69) is 24.2 Å². The van der Waals surface area contributed by atoms with Crippen molar-refractivity contribution in [3.63, 3.8) is 0 Å². The molecular formula is C20H19NO4. The minimum Gasteiger partial charge on any atom is -0.493 e. The monoisotopic (exact) mass is 337 g/mol. The zero-order chi connectivity index (χ0) is 17.8. The normalized spacial score (nSPS) is 10.2. The maximum Gasteiger partial charge on any atom is 0.203 e. The molecule has 0 saturated heterocycles. The topological polar surface area (TPSA) is 53.7 Å². The highest BCUT2D eigenvalue weighted by molar-refractivity contribution is 5.81. The van der Waals surface area contributed by atoms with Crippen LogP contribution < -0.4 is 14.2 Å². The Morgan fingerprint density at radius 3 is 2.24 bits per heavy atom. The molecule has 0 saturated carbocycles. The summed E-state index contributed by atoms with van der Waals surface area (Å²) in [5.41, 5.74) is 4.27. The number of aromatic nitrogens is 1. The molecule has 1 heterocycles. The molecule has 5 heteroatoms. The number of benzene rings is 1. The third-order valence-electron chi connectivity index (χ3n) is 3.99. The van der Waals surface area contributed by atoms with Crippen LogP contribution in [0.2, 0.25) is 0 Å². The van der Waals surface area contributed by atoms with Crippen molar-refractivity contribution in [1.29, 1.82) is 0 Å². The van der Waals surface area contributed by atoms with E-state index in [1.54, 1.807) is 27.6 Å². The number of nitrogens with zero attached hydrogens (tertiary/aromatic N) is 1. The van der Waals surface area contributed by atoms with Crippen LogP contribution in [0.3, 0.4) is 0 Å². The molecule has 3 aromatic rings. The zero-order valence-electron chi connectivity index (χ0n) is 14.7. The van der Waals surface area contributed by atoms with E-state index >= 15 is 0 Å². The van der Waals surface area contributed by atoms with Crippen LogP contribution in [0.15, 0.2) is 35.1 Å². The van der Waals surface area contributed by atoms with Crippen LogP contribution in [-0.4, -0.2) is 26.5 Å². The fourth-order valence-electron chi connectivity index (χ4n) is 2.63. The Morgan fingerprint density at radius 1 is 1.00 bits per heavy atom. The van der Waals surface area contributed by atoms with Gasteiger partial charge in [0.05, 0.1) is 26.9 Å². The summed E-state index contributed by atoms with van der Waals surface area (Å²) in [5, 5.41) is 4.15. The smallest absolute Gasteiger partial charge is 0.203 e. The number of hydrogen-bond acceptors (Lipinski definition) is 5. The van der Waals surface area contributed by atoms with Crippen molar-refractivity contribution in [3.8, 4) is 39.6 Å². The van der Waals surface area contributed by atoms with Crippen molar-refractivity contribution in [2.45, 2.75) is 13.3 Å². The molecular weight excluding hydrogens is 318 g/mol. The Kier molecular flexibility index (Phi) is 4.80. The summed E-state index contributed by atoms with van der Waals surface area (Å²) in [6.45, 7) is 2.08. The molecule has 0 spiro atoms. The van der Waals surface area contributed by atoms with Gasteiger partial charge < -0.3 is 18.7 Å². The molecule has 128 valence electrons. The molecule has 0 aliphatic carbocycles. The Balaban J connectivity index is 2.10. The van der Waals surface area contributed by atoms with Crippen LogP contribution in [0.1, 0.15) is 12.5 Å². The Labute approximate surface area is 147 Å². The highest BCUT2D eigenvalue weighted by atomic mass is 16.5. The first-order valence-electron chi connectivity index (χ1n) is 7.89. The van der Waals surface area contributed by atoms with Crippen LogP contribution in [0.4, 0.5) is 0 Å². The predicted octanol–water partition coefficient (Wildman–Crippen LogP) is 4.20. The molecule has 1 aromatic heterocycles. The summed E-state index contributed by atoms with van der Waals surface area (Å²) >= 11 is 0. The molecule has 0 bridgehead atoms. The van der Waals surface area contributed by atoms with Crippen LogP contribution in [0, 0.1) is 12.1 Å². The number of ether oxygens (including phenoxy) is 3. The fraction of sp³-hybridized carbons (Fsp3) is 0.250. The van der Waals surface area contributed by atoms with Gasteiger partial charge in [0.25, 0.3) is 0 Å². The molecule has 0 fully saturated rings. The molecule has 25 heavy (non-hydrogen) atoms. The van der Waals surface area contributed by atoms with Gasteiger partial charge in [0.2, 0.25) is 5.75 Å². The first kappa shape index (κ1) is 16.7. The van der Waals surface area contributed by atoms with Crippen molar-refractivity contribution in [3.05, 3.63) is 48.2 Å². The first-order chi connectivity index (χ1) is 12.2. The molecule has 5 nitrogen and oxygen atoms in total. The van der Waals surface area contributed by atoms with Crippen LogP contribution in [0.5, 0.6) is 17.2 Å². The second-order valence-corrected chi connectivity index (χ2v) is 5.37. The predicted molar refractivity (Wildman–Crippen MR) is 94.1 cm³/mol. The average molecular weight is 337 g/mol. The van der Waals surface area contributed by atoms with Gasteiger partial charge in [-0.3, -0.25) is 0 Å². The summed E-state index contributed by atoms with van der Waals surface area (Å²) in [5.74, 6) is 1.65. The van der Waals surface area contributed by atoms with Gasteiger partial charge in [0, 0.05) is 16.7 Å². The fourth-order valence-corrected chi connectivity index (χ4v) is 2.63. The van der Waals surface area contributed by atoms with E-state index in [9.17, 15) is 0 Å². The Hall–Kier alpha value is -3.13. The number of aryl methyl sites for hydroxylation is 1. The van der Waals surface area contributed by atoms with Gasteiger partial charge in [-0.2, -0.15) is 0 Å². The first-order valence-corrected chi connectivity index (χ1v) is 7.89. The summed E-state index contributed by atoms with van der Waals surface area (Å²) < 4.78 is 21.4. The summed E-state index contributed by atoms with van der Waals surface area (Å²) in [7, 11) is 4.73. The lowest BCUT2D eigenvalue weighted by Crippen LogP contribution is -1.96. The molecule has 0 atom stereocenters. The van der Waals surface area contributed by atoms with Gasteiger partial charge in [0.1, 0.15) is 12.0 Å². The van der Waals surface area contributed by atoms with E-state index in [0.29, 0.717) is 22.9 Å². The number of rotatable bonds is 6. The average Bonchev–Trinajstić information content (AvgIpc) is 3.16. The van der Waals surface area contributed by atoms with Gasteiger partial charge in [-0.15, -0.1) is 0 Å². The second kappa shape index (κ2) is 7.18. The van der Waals surface area contributed by atoms with Crippen molar-refractivity contribution >= 4 is 0 Å². The molecule has 0 radical (unpaired) electrons. The lowest BCUT2D eigenvalue weighted by atomic mass is 10.0. The van der Waals surface area contributed by atoms with Crippen LogP contribution in [-0.2, 0) is 6.42 Å². The molecule has 0 amide bonds. The highest BCUT2D eigenvalue weighted by Crippen LogP contribution is 2.42. The van der Waals surface area contributed by atoms with E-state index in [-0.39, 0.29) is 0 Å². The van der Waals surface area contributed by atoms with Crippen molar-refractivity contribution in [2.24, 2.45) is 0 Å². The van der Waals surface area contributed by atoms with E-state index in [1.165, 1.54) is 0 Å². The zero-order valence-corrected chi connectivity index (χ0v) is 14.7. The summed E-state index contributed by atoms with van der Waals surface area (Å²) in [4.78, 5) is 0. The minimum atomic E-state index is 0.533. The molecule has 0 N–H and O–H groups in total. The lowest BCUT2D eigenvalue weighted by Gasteiger charge is -2.13. The summed E-state index contributed by atoms with van der Waals surface area (Å²) in [6.07, 6.45) is 2.52. The third-order valence-corrected chi connectivity index (χ3v) is 3.99. The lowest BCUT2D eigenvalue weighted by molar-refractivity contribution is 0.324. The molecule has 2 aromatic carbocycles. The second-order valence-electron chi connectivity index (χ2n) is 5.37. The maximum absolute atomic E-state index is 5.42. The minimum absolute atomic E-state index is 0.533. The van der Waals surface area contributed by atoms with E-state index in [1.807, 2.05) is 24.3 Å². The summed E-state index contributed by atoms with van der Waals surface area (Å²) in [6, 6.07) is 14.0.